The molecular weight excluding hydrogens is 366 g/mol. The maximum absolute atomic E-state index is 12.9. The summed E-state index contributed by atoms with van der Waals surface area (Å²) >= 11 is 0. The Kier molecular flexibility index (Phi) is 6.17. The molecular formula is C24H25NO4. The summed E-state index contributed by atoms with van der Waals surface area (Å²) in [7, 11) is 3.22. The molecule has 1 heterocycles. The van der Waals surface area contributed by atoms with Crippen LogP contribution in [0.1, 0.15) is 28.7 Å². The average molecular weight is 391 g/mol. The lowest BCUT2D eigenvalue weighted by Crippen LogP contribution is -2.39. The van der Waals surface area contributed by atoms with Crippen LogP contribution >= 0.6 is 0 Å². The highest BCUT2D eigenvalue weighted by molar-refractivity contribution is 6.25. The number of rotatable bonds is 5. The zero-order chi connectivity index (χ0) is 21.0. The SMILES string of the molecule is COc1ccc(C2=CCCN(C(=O)/C=C/c3cc(C)c(C)c(OC)c3)C2=O)cc1. The summed E-state index contributed by atoms with van der Waals surface area (Å²) in [5, 5.41) is 0. The molecule has 0 unspecified atom stereocenters. The lowest BCUT2D eigenvalue weighted by atomic mass is 10.00. The zero-order valence-electron chi connectivity index (χ0n) is 17.2. The molecule has 0 fully saturated rings. The largest absolute Gasteiger partial charge is 0.497 e. The maximum atomic E-state index is 12.9. The molecule has 2 amide bonds. The topological polar surface area (TPSA) is 55.8 Å². The van der Waals surface area contributed by atoms with Crippen LogP contribution in [0, 0.1) is 13.8 Å². The lowest BCUT2D eigenvalue weighted by molar-refractivity contribution is -0.138. The molecule has 2 aromatic carbocycles. The number of imide groups is 1. The maximum Gasteiger partial charge on any atom is 0.261 e. The smallest absolute Gasteiger partial charge is 0.261 e. The van der Waals surface area contributed by atoms with E-state index < -0.39 is 0 Å². The number of ether oxygens (including phenoxy) is 2. The average Bonchev–Trinajstić information content (AvgIpc) is 2.74. The molecule has 1 aliphatic rings. The van der Waals surface area contributed by atoms with Crippen molar-refractivity contribution in [3.63, 3.8) is 0 Å². The van der Waals surface area contributed by atoms with Crippen molar-refractivity contribution < 1.29 is 19.1 Å². The van der Waals surface area contributed by atoms with Crippen LogP contribution in [-0.2, 0) is 9.59 Å². The number of nitrogens with zero attached hydrogens (tertiary/aromatic N) is 1. The first-order valence-electron chi connectivity index (χ1n) is 9.48. The normalized spacial score (nSPS) is 14.1. The number of hydrogen-bond donors (Lipinski definition) is 0. The van der Waals surface area contributed by atoms with Crippen LogP contribution in [0.15, 0.2) is 48.6 Å². The highest BCUT2D eigenvalue weighted by Gasteiger charge is 2.26. The van der Waals surface area contributed by atoms with Gasteiger partial charge in [0.25, 0.3) is 11.8 Å². The van der Waals surface area contributed by atoms with E-state index >= 15 is 0 Å². The van der Waals surface area contributed by atoms with Crippen LogP contribution in [0.25, 0.3) is 11.6 Å². The molecule has 0 radical (unpaired) electrons. The molecule has 0 N–H and O–H groups in total. The standard InChI is InChI=1S/C24H25NO4/c1-16-14-18(15-22(29-4)17(16)2)7-12-23(26)25-13-5-6-21(24(25)27)19-8-10-20(28-3)11-9-19/h6-12,14-15H,5,13H2,1-4H3/b12-7+. The van der Waals surface area contributed by atoms with Crippen molar-refractivity contribution in [3.05, 3.63) is 70.8 Å². The molecule has 0 bridgehead atoms. The second kappa shape index (κ2) is 8.78. The number of hydrogen-bond acceptors (Lipinski definition) is 4. The number of carbonyl (C=O) groups is 2. The van der Waals surface area contributed by atoms with E-state index in [1.807, 2.05) is 44.2 Å². The first-order chi connectivity index (χ1) is 13.9. The number of carbonyl (C=O) groups excluding carboxylic acids is 2. The van der Waals surface area contributed by atoms with Crippen molar-refractivity contribution in [2.75, 3.05) is 20.8 Å². The van der Waals surface area contributed by atoms with Crippen molar-refractivity contribution in [1.82, 2.24) is 4.90 Å². The minimum atomic E-state index is -0.327. The Morgan fingerprint density at radius 2 is 1.79 bits per heavy atom. The summed E-state index contributed by atoms with van der Waals surface area (Å²) in [5.74, 6) is 0.883. The first kappa shape index (κ1) is 20.4. The van der Waals surface area contributed by atoms with Gasteiger partial charge < -0.3 is 9.47 Å². The Bertz CT molecular complexity index is 987. The predicted octanol–water partition coefficient (Wildman–Crippen LogP) is 4.18. The highest BCUT2D eigenvalue weighted by atomic mass is 16.5. The van der Waals surface area contributed by atoms with Crippen LogP contribution in [0.5, 0.6) is 11.5 Å². The van der Waals surface area contributed by atoms with E-state index in [1.54, 1.807) is 32.4 Å². The fourth-order valence-corrected chi connectivity index (χ4v) is 3.31. The van der Waals surface area contributed by atoms with Crippen molar-refractivity contribution >= 4 is 23.5 Å². The fourth-order valence-electron chi connectivity index (χ4n) is 3.31. The monoisotopic (exact) mass is 391 g/mol. The van der Waals surface area contributed by atoms with Crippen LogP contribution in [0.2, 0.25) is 0 Å². The van der Waals surface area contributed by atoms with E-state index in [1.165, 1.54) is 11.0 Å². The number of methoxy groups -OCH3 is 2. The van der Waals surface area contributed by atoms with Gasteiger partial charge in [0.1, 0.15) is 11.5 Å². The van der Waals surface area contributed by atoms with Crippen LogP contribution in [0.3, 0.4) is 0 Å². The van der Waals surface area contributed by atoms with Gasteiger partial charge in [0, 0.05) is 18.2 Å². The molecule has 0 saturated heterocycles. The number of amides is 2. The van der Waals surface area contributed by atoms with Crippen molar-refractivity contribution in [1.29, 1.82) is 0 Å². The molecule has 1 aliphatic heterocycles. The van der Waals surface area contributed by atoms with Crippen molar-refractivity contribution in [2.24, 2.45) is 0 Å². The van der Waals surface area contributed by atoms with Crippen LogP contribution < -0.4 is 9.47 Å². The number of benzene rings is 2. The fraction of sp³-hybridized carbons (Fsp3) is 0.250. The summed E-state index contributed by atoms with van der Waals surface area (Å²) in [4.78, 5) is 26.9. The third kappa shape index (κ3) is 4.40. The third-order valence-electron chi connectivity index (χ3n) is 5.12. The van der Waals surface area contributed by atoms with E-state index in [4.69, 9.17) is 9.47 Å². The molecule has 150 valence electrons. The predicted molar refractivity (Wildman–Crippen MR) is 114 cm³/mol. The molecule has 3 rings (SSSR count). The van der Waals surface area contributed by atoms with Crippen molar-refractivity contribution in [2.45, 2.75) is 20.3 Å². The molecule has 2 aromatic rings. The van der Waals surface area contributed by atoms with Crippen molar-refractivity contribution in [3.8, 4) is 11.5 Å². The molecule has 0 aromatic heterocycles. The third-order valence-corrected chi connectivity index (χ3v) is 5.12. The summed E-state index contributed by atoms with van der Waals surface area (Å²) in [5.41, 5.74) is 4.31. The summed E-state index contributed by atoms with van der Waals surface area (Å²) < 4.78 is 10.5. The summed E-state index contributed by atoms with van der Waals surface area (Å²) in [6, 6.07) is 11.1. The number of aryl methyl sites for hydroxylation is 1. The second-order valence-corrected chi connectivity index (χ2v) is 6.93. The van der Waals surface area contributed by atoms with Gasteiger partial charge >= 0.3 is 0 Å². The van der Waals surface area contributed by atoms with Gasteiger partial charge in [-0.1, -0.05) is 24.3 Å². The van der Waals surface area contributed by atoms with E-state index in [0.29, 0.717) is 18.5 Å². The van der Waals surface area contributed by atoms with Gasteiger partial charge in [0.05, 0.1) is 14.2 Å². The quantitative estimate of drug-likeness (QED) is 0.718. The van der Waals surface area contributed by atoms with E-state index in [9.17, 15) is 9.59 Å². The van der Waals surface area contributed by atoms with Gasteiger partial charge in [-0.25, -0.2) is 0 Å². The Balaban J connectivity index is 1.77. The van der Waals surface area contributed by atoms with Gasteiger partial charge in [-0.3, -0.25) is 14.5 Å². The van der Waals surface area contributed by atoms with Gasteiger partial charge in [-0.05, 0) is 66.8 Å². The molecule has 0 spiro atoms. The van der Waals surface area contributed by atoms with Crippen LogP contribution in [0.4, 0.5) is 0 Å². The zero-order valence-corrected chi connectivity index (χ0v) is 17.2. The van der Waals surface area contributed by atoms with Gasteiger partial charge in [0.15, 0.2) is 0 Å². The minimum Gasteiger partial charge on any atom is -0.497 e. The summed E-state index contributed by atoms with van der Waals surface area (Å²) in [6.45, 7) is 4.36. The Labute approximate surface area is 171 Å². The molecule has 29 heavy (non-hydrogen) atoms. The van der Waals surface area contributed by atoms with E-state index in [-0.39, 0.29) is 11.8 Å². The molecule has 5 nitrogen and oxygen atoms in total. The van der Waals surface area contributed by atoms with E-state index in [2.05, 4.69) is 0 Å². The molecule has 5 heteroatoms. The molecule has 0 atom stereocenters. The Hall–Kier alpha value is -3.34. The van der Waals surface area contributed by atoms with E-state index in [0.717, 1.165) is 33.8 Å². The first-order valence-corrected chi connectivity index (χ1v) is 9.48. The Morgan fingerprint density at radius 1 is 1.07 bits per heavy atom. The minimum absolute atomic E-state index is 0.284. The molecule has 0 aliphatic carbocycles. The highest BCUT2D eigenvalue weighted by Crippen LogP contribution is 2.26. The van der Waals surface area contributed by atoms with Gasteiger partial charge in [-0.2, -0.15) is 0 Å². The summed E-state index contributed by atoms with van der Waals surface area (Å²) in [6.07, 6.45) is 5.67. The second-order valence-electron chi connectivity index (χ2n) is 6.93. The molecule has 0 saturated carbocycles. The lowest BCUT2D eigenvalue weighted by Gasteiger charge is -2.24. The Morgan fingerprint density at radius 3 is 2.45 bits per heavy atom. The van der Waals surface area contributed by atoms with Gasteiger partial charge in [-0.15, -0.1) is 0 Å². The van der Waals surface area contributed by atoms with Gasteiger partial charge in [0.2, 0.25) is 0 Å². The van der Waals surface area contributed by atoms with Crippen LogP contribution in [-0.4, -0.2) is 37.5 Å².